The number of aliphatic carboxylic acids is 1. The van der Waals surface area contributed by atoms with Gasteiger partial charge in [0.15, 0.2) is 9.84 Å². The molecule has 1 amide bonds. The van der Waals surface area contributed by atoms with Crippen molar-refractivity contribution in [3.05, 3.63) is 0 Å². The van der Waals surface area contributed by atoms with E-state index in [1.54, 1.807) is 4.90 Å². The Morgan fingerprint density at radius 1 is 1.10 bits per heavy atom. The molecule has 0 aromatic heterocycles. The highest BCUT2D eigenvalue weighted by Gasteiger charge is 2.43. The van der Waals surface area contributed by atoms with E-state index in [-0.39, 0.29) is 29.9 Å². The molecule has 7 heteroatoms. The van der Waals surface area contributed by atoms with Gasteiger partial charge in [-0.3, -0.25) is 9.59 Å². The van der Waals surface area contributed by atoms with Gasteiger partial charge in [0.05, 0.1) is 23.3 Å². The van der Waals surface area contributed by atoms with Crippen LogP contribution in [0.15, 0.2) is 0 Å². The molecule has 3 unspecified atom stereocenters. The summed E-state index contributed by atoms with van der Waals surface area (Å²) in [6.07, 6.45) is 1.55. The standard InChI is InChI=1S/C13H21NO5S/c1-9-7-10(11(8-9)13(16)17)12(15)14-3-2-5-20(18,19)6-4-14/h9-11H,2-8H2,1H3,(H,16,17). The van der Waals surface area contributed by atoms with Crippen LogP contribution in [0.1, 0.15) is 26.2 Å². The molecule has 1 aliphatic carbocycles. The van der Waals surface area contributed by atoms with Gasteiger partial charge in [-0.1, -0.05) is 6.92 Å². The number of carbonyl (C=O) groups is 2. The first-order chi connectivity index (χ1) is 9.30. The van der Waals surface area contributed by atoms with Crippen LogP contribution >= 0.6 is 0 Å². The van der Waals surface area contributed by atoms with Crippen molar-refractivity contribution in [3.63, 3.8) is 0 Å². The minimum Gasteiger partial charge on any atom is -0.481 e. The van der Waals surface area contributed by atoms with Gasteiger partial charge in [0.1, 0.15) is 0 Å². The second-order valence-electron chi connectivity index (χ2n) is 5.96. The van der Waals surface area contributed by atoms with Crippen molar-refractivity contribution < 1.29 is 23.1 Å². The molecule has 0 radical (unpaired) electrons. The number of nitrogens with zero attached hydrogens (tertiary/aromatic N) is 1. The molecule has 2 rings (SSSR count). The fourth-order valence-corrected chi connectivity index (χ4v) is 4.50. The molecule has 1 heterocycles. The molecule has 0 bridgehead atoms. The number of hydrogen-bond donors (Lipinski definition) is 1. The van der Waals surface area contributed by atoms with Crippen LogP contribution in [0.25, 0.3) is 0 Å². The fraction of sp³-hybridized carbons (Fsp3) is 0.846. The number of carboxylic acids is 1. The number of amides is 1. The Bertz CT molecular complexity index is 501. The third kappa shape index (κ3) is 3.31. The largest absolute Gasteiger partial charge is 0.481 e. The average molecular weight is 303 g/mol. The molecule has 0 spiro atoms. The number of rotatable bonds is 2. The summed E-state index contributed by atoms with van der Waals surface area (Å²) in [7, 11) is -3.06. The zero-order valence-electron chi connectivity index (χ0n) is 11.6. The molecule has 2 aliphatic rings. The monoisotopic (exact) mass is 303 g/mol. The highest BCUT2D eigenvalue weighted by molar-refractivity contribution is 7.91. The summed E-state index contributed by atoms with van der Waals surface area (Å²) < 4.78 is 23.1. The van der Waals surface area contributed by atoms with E-state index in [0.29, 0.717) is 25.8 Å². The average Bonchev–Trinajstić information content (AvgIpc) is 2.65. The molecular formula is C13H21NO5S. The Kier molecular flexibility index (Phi) is 4.36. The number of carboxylic acid groups (broad SMARTS) is 1. The second-order valence-corrected chi connectivity index (χ2v) is 8.26. The highest BCUT2D eigenvalue weighted by Crippen LogP contribution is 2.37. The summed E-state index contributed by atoms with van der Waals surface area (Å²) in [6, 6.07) is 0. The van der Waals surface area contributed by atoms with Gasteiger partial charge < -0.3 is 10.0 Å². The van der Waals surface area contributed by atoms with Gasteiger partial charge in [-0.2, -0.15) is 0 Å². The maximum absolute atomic E-state index is 12.5. The van der Waals surface area contributed by atoms with E-state index in [1.165, 1.54) is 0 Å². The van der Waals surface area contributed by atoms with Gasteiger partial charge in [0.2, 0.25) is 5.91 Å². The smallest absolute Gasteiger partial charge is 0.307 e. The van der Waals surface area contributed by atoms with E-state index in [2.05, 4.69) is 0 Å². The lowest BCUT2D eigenvalue weighted by Gasteiger charge is -2.25. The van der Waals surface area contributed by atoms with Crippen LogP contribution in [-0.2, 0) is 19.4 Å². The molecule has 1 saturated heterocycles. The Morgan fingerprint density at radius 2 is 1.75 bits per heavy atom. The summed E-state index contributed by atoms with van der Waals surface area (Å²) in [5.74, 6) is -1.91. The highest BCUT2D eigenvalue weighted by atomic mass is 32.2. The number of sulfone groups is 1. The van der Waals surface area contributed by atoms with Gasteiger partial charge in [-0.25, -0.2) is 8.42 Å². The van der Waals surface area contributed by atoms with Crippen molar-refractivity contribution >= 4 is 21.7 Å². The van der Waals surface area contributed by atoms with Crippen molar-refractivity contribution in [1.82, 2.24) is 4.90 Å². The fourth-order valence-electron chi connectivity index (χ4n) is 3.23. The van der Waals surface area contributed by atoms with Crippen molar-refractivity contribution in [3.8, 4) is 0 Å². The van der Waals surface area contributed by atoms with Crippen LogP contribution in [0.5, 0.6) is 0 Å². The topological polar surface area (TPSA) is 91.8 Å². The van der Waals surface area contributed by atoms with Crippen molar-refractivity contribution in [2.45, 2.75) is 26.2 Å². The summed E-state index contributed by atoms with van der Waals surface area (Å²) in [5.41, 5.74) is 0. The lowest BCUT2D eigenvalue weighted by Crippen LogP contribution is -2.40. The first-order valence-corrected chi connectivity index (χ1v) is 8.84. The Hall–Kier alpha value is -1.11. The van der Waals surface area contributed by atoms with Gasteiger partial charge in [0.25, 0.3) is 0 Å². The normalized spacial score (nSPS) is 33.6. The summed E-state index contributed by atoms with van der Waals surface area (Å²) >= 11 is 0. The second kappa shape index (κ2) is 5.71. The summed E-state index contributed by atoms with van der Waals surface area (Å²) in [4.78, 5) is 25.3. The molecule has 0 aromatic carbocycles. The first-order valence-electron chi connectivity index (χ1n) is 7.02. The van der Waals surface area contributed by atoms with Gasteiger partial charge in [-0.15, -0.1) is 0 Å². The van der Waals surface area contributed by atoms with Gasteiger partial charge >= 0.3 is 5.97 Å². The molecule has 114 valence electrons. The van der Waals surface area contributed by atoms with Gasteiger partial charge in [0, 0.05) is 13.1 Å². The summed E-state index contributed by atoms with van der Waals surface area (Å²) in [5, 5.41) is 9.22. The van der Waals surface area contributed by atoms with Crippen molar-refractivity contribution in [2.75, 3.05) is 24.6 Å². The van der Waals surface area contributed by atoms with Crippen LogP contribution in [0.3, 0.4) is 0 Å². The third-order valence-electron chi connectivity index (χ3n) is 4.30. The lowest BCUT2D eigenvalue weighted by atomic mass is 9.94. The van der Waals surface area contributed by atoms with Crippen LogP contribution in [0, 0.1) is 17.8 Å². The molecule has 3 atom stereocenters. The minimum atomic E-state index is -3.06. The first kappa shape index (κ1) is 15.3. The lowest BCUT2D eigenvalue weighted by molar-refractivity contribution is -0.149. The molecule has 1 aliphatic heterocycles. The van der Waals surface area contributed by atoms with E-state index >= 15 is 0 Å². The number of carbonyl (C=O) groups excluding carboxylic acids is 1. The van der Waals surface area contributed by atoms with E-state index < -0.39 is 27.6 Å². The maximum atomic E-state index is 12.5. The van der Waals surface area contributed by atoms with E-state index in [0.717, 1.165) is 0 Å². The summed E-state index contributed by atoms with van der Waals surface area (Å²) in [6.45, 7) is 2.56. The van der Waals surface area contributed by atoms with Gasteiger partial charge in [-0.05, 0) is 25.2 Å². The Labute approximate surface area is 119 Å². The SMILES string of the molecule is CC1CC(C(=O)O)C(C(=O)N2CCCS(=O)(=O)CC2)C1. The third-order valence-corrected chi connectivity index (χ3v) is 6.02. The van der Waals surface area contributed by atoms with Crippen LogP contribution in [0.4, 0.5) is 0 Å². The Morgan fingerprint density at radius 3 is 2.40 bits per heavy atom. The molecule has 2 fully saturated rings. The van der Waals surface area contributed by atoms with Crippen molar-refractivity contribution in [1.29, 1.82) is 0 Å². The molecule has 0 aromatic rings. The molecule has 6 nitrogen and oxygen atoms in total. The maximum Gasteiger partial charge on any atom is 0.307 e. The molecule has 1 saturated carbocycles. The van der Waals surface area contributed by atoms with E-state index in [1.807, 2.05) is 6.92 Å². The predicted molar refractivity (Wildman–Crippen MR) is 72.9 cm³/mol. The zero-order chi connectivity index (χ0) is 14.9. The zero-order valence-corrected chi connectivity index (χ0v) is 12.4. The van der Waals surface area contributed by atoms with E-state index in [4.69, 9.17) is 0 Å². The van der Waals surface area contributed by atoms with Crippen LogP contribution in [-0.4, -0.2) is 54.9 Å². The van der Waals surface area contributed by atoms with Crippen molar-refractivity contribution in [2.24, 2.45) is 17.8 Å². The quantitative estimate of drug-likeness (QED) is 0.796. The molecule has 1 N–H and O–H groups in total. The number of hydrogen-bond acceptors (Lipinski definition) is 4. The van der Waals surface area contributed by atoms with E-state index in [9.17, 15) is 23.1 Å². The minimum absolute atomic E-state index is 0.0151. The molecular weight excluding hydrogens is 282 g/mol. The molecule has 20 heavy (non-hydrogen) atoms. The Balaban J connectivity index is 2.08. The predicted octanol–water partition coefficient (Wildman–Crippen LogP) is 0.380. The van der Waals surface area contributed by atoms with Crippen LogP contribution in [0.2, 0.25) is 0 Å². The van der Waals surface area contributed by atoms with Crippen LogP contribution < -0.4 is 0 Å².